The molecule has 0 saturated carbocycles. The number of aromatic amines is 1. The maximum atomic E-state index is 15.2. The molecule has 0 spiro atoms. The van der Waals surface area contributed by atoms with Gasteiger partial charge in [-0.25, -0.2) is 14.4 Å². The Kier molecular flexibility index (Phi) is 5.09. The lowest BCUT2D eigenvalue weighted by Crippen LogP contribution is -2.41. The number of aromatic nitrogens is 6. The molecule has 7 rings (SSSR count). The molecule has 2 aliphatic rings. The fourth-order valence-electron chi connectivity index (χ4n) is 6.23. The van der Waals surface area contributed by atoms with Crippen molar-refractivity contribution in [2.24, 2.45) is 12.5 Å². The summed E-state index contributed by atoms with van der Waals surface area (Å²) in [6.45, 7) is 5.14. The Morgan fingerprint density at radius 1 is 1.15 bits per heavy atom. The Bertz CT molecular complexity index is 1790. The number of carbonyl (C=O) groups is 1. The molecule has 1 amide bonds. The second-order valence-corrected chi connectivity index (χ2v) is 11.3. The first-order valence-corrected chi connectivity index (χ1v) is 13.0. The van der Waals surface area contributed by atoms with E-state index in [4.69, 9.17) is 0 Å². The number of anilines is 1. The van der Waals surface area contributed by atoms with Crippen LogP contribution in [-0.2, 0) is 33.0 Å². The number of benzene rings is 1. The van der Waals surface area contributed by atoms with E-state index in [0.29, 0.717) is 58.1 Å². The SMILES string of the molecule is Cn1cc(-c2nc3nccc(-c4cc(F)cc(N5CCn6c(cc7c6CC(C)(C)C7)C5=O)c4CO)c3[nH]2)cn1. The van der Waals surface area contributed by atoms with Crippen LogP contribution in [0.25, 0.3) is 33.7 Å². The minimum Gasteiger partial charge on any atom is -0.392 e. The third-order valence-electron chi connectivity index (χ3n) is 7.93. The molecule has 0 atom stereocenters. The van der Waals surface area contributed by atoms with Crippen LogP contribution in [0.1, 0.15) is 41.2 Å². The molecule has 2 N–H and O–H groups in total. The Morgan fingerprint density at radius 3 is 2.77 bits per heavy atom. The molecule has 0 fully saturated rings. The monoisotopic (exact) mass is 525 g/mol. The van der Waals surface area contributed by atoms with Gasteiger partial charge < -0.3 is 19.6 Å². The Morgan fingerprint density at radius 2 is 2.00 bits per heavy atom. The van der Waals surface area contributed by atoms with E-state index in [1.807, 2.05) is 19.3 Å². The van der Waals surface area contributed by atoms with Gasteiger partial charge in [-0.05, 0) is 53.6 Å². The predicted molar refractivity (Wildman–Crippen MR) is 145 cm³/mol. The van der Waals surface area contributed by atoms with Gasteiger partial charge in [0.25, 0.3) is 5.91 Å². The summed E-state index contributed by atoms with van der Waals surface area (Å²) in [5.74, 6) is -0.0874. The van der Waals surface area contributed by atoms with E-state index in [1.54, 1.807) is 28.0 Å². The standard InChI is InChI=1S/C29H28FN7O2/c1-29(2)11-16-8-23-28(39)37(7-6-36(23)24(16)12-29)22-10-18(30)9-20(21(22)15-38)19-4-5-31-27-25(19)33-26(34-27)17-13-32-35(3)14-17/h4-5,8-10,13-14,38H,6-7,11-12,15H2,1-3H3,(H,31,33,34). The van der Waals surface area contributed by atoms with Gasteiger partial charge in [0.15, 0.2) is 5.65 Å². The average Bonchev–Trinajstić information content (AvgIpc) is 3.65. The summed E-state index contributed by atoms with van der Waals surface area (Å²) < 4.78 is 19.0. The second kappa shape index (κ2) is 8.34. The van der Waals surface area contributed by atoms with Crippen LogP contribution in [0.2, 0.25) is 0 Å². The van der Waals surface area contributed by atoms with Crippen molar-refractivity contribution in [3.05, 3.63) is 71.2 Å². The van der Waals surface area contributed by atoms with Crippen LogP contribution in [0, 0.1) is 11.2 Å². The van der Waals surface area contributed by atoms with Crippen molar-refractivity contribution in [3.8, 4) is 22.5 Å². The number of hydrogen-bond acceptors (Lipinski definition) is 5. The number of rotatable bonds is 4. The Labute approximate surface area is 223 Å². The molecule has 0 bridgehead atoms. The van der Waals surface area contributed by atoms with Crippen molar-refractivity contribution >= 4 is 22.8 Å². The number of pyridine rings is 1. The summed E-state index contributed by atoms with van der Waals surface area (Å²) in [4.78, 5) is 27.6. The highest BCUT2D eigenvalue weighted by molar-refractivity contribution is 6.07. The van der Waals surface area contributed by atoms with Crippen molar-refractivity contribution in [1.82, 2.24) is 29.3 Å². The predicted octanol–water partition coefficient (Wildman–Crippen LogP) is 4.24. The molecule has 0 saturated heterocycles. The Balaban J connectivity index is 1.33. The highest BCUT2D eigenvalue weighted by Crippen LogP contribution is 2.41. The minimum absolute atomic E-state index is 0.181. The lowest BCUT2D eigenvalue weighted by atomic mass is 9.90. The number of H-pyrrole nitrogens is 1. The summed E-state index contributed by atoms with van der Waals surface area (Å²) in [5.41, 5.74) is 7.10. The van der Waals surface area contributed by atoms with Crippen LogP contribution in [0.3, 0.4) is 0 Å². The van der Waals surface area contributed by atoms with E-state index >= 15 is 4.39 Å². The first-order valence-electron chi connectivity index (χ1n) is 13.0. The van der Waals surface area contributed by atoms with Gasteiger partial charge in [-0.15, -0.1) is 0 Å². The number of halogens is 1. The van der Waals surface area contributed by atoms with E-state index in [2.05, 4.69) is 38.5 Å². The molecule has 39 heavy (non-hydrogen) atoms. The van der Waals surface area contributed by atoms with Gasteiger partial charge in [-0.1, -0.05) is 13.8 Å². The first-order chi connectivity index (χ1) is 18.7. The maximum absolute atomic E-state index is 15.2. The average molecular weight is 526 g/mol. The number of carbonyl (C=O) groups excluding carboxylic acids is 1. The molecule has 1 aromatic carbocycles. The number of hydrogen-bond donors (Lipinski definition) is 2. The molecular weight excluding hydrogens is 497 g/mol. The maximum Gasteiger partial charge on any atom is 0.274 e. The molecule has 0 radical (unpaired) electrons. The summed E-state index contributed by atoms with van der Waals surface area (Å²) in [7, 11) is 1.82. The van der Waals surface area contributed by atoms with Gasteiger partial charge in [0.2, 0.25) is 0 Å². The Hall–Kier alpha value is -4.31. The molecule has 5 heterocycles. The number of amides is 1. The molecule has 9 nitrogen and oxygen atoms in total. The molecular formula is C29H28FN7O2. The van der Waals surface area contributed by atoms with Crippen LogP contribution >= 0.6 is 0 Å². The van der Waals surface area contributed by atoms with Gasteiger partial charge in [-0.2, -0.15) is 5.10 Å². The normalized spacial score (nSPS) is 16.2. The molecule has 10 heteroatoms. The van der Waals surface area contributed by atoms with Crippen molar-refractivity contribution in [2.75, 3.05) is 11.4 Å². The number of fused-ring (bicyclic) bond motifs is 4. The fraction of sp³-hybridized carbons (Fsp3) is 0.310. The number of nitrogens with one attached hydrogen (secondary N) is 1. The summed E-state index contributed by atoms with van der Waals surface area (Å²) in [6.07, 6.45) is 7.02. The van der Waals surface area contributed by atoms with Crippen molar-refractivity contribution < 1.29 is 14.3 Å². The summed E-state index contributed by atoms with van der Waals surface area (Å²) in [5, 5.41) is 14.8. The molecule has 4 aromatic heterocycles. The number of nitrogens with zero attached hydrogens (tertiary/aromatic N) is 6. The van der Waals surface area contributed by atoms with Crippen LogP contribution in [-0.4, -0.2) is 46.9 Å². The topological polar surface area (TPSA) is 105 Å². The third kappa shape index (κ3) is 3.69. The smallest absolute Gasteiger partial charge is 0.274 e. The number of imidazole rings is 1. The lowest BCUT2D eigenvalue weighted by molar-refractivity contribution is 0.0963. The lowest BCUT2D eigenvalue weighted by Gasteiger charge is -2.32. The van der Waals surface area contributed by atoms with Crippen LogP contribution in [0.15, 0.2) is 42.9 Å². The van der Waals surface area contributed by atoms with Gasteiger partial charge >= 0.3 is 0 Å². The summed E-state index contributed by atoms with van der Waals surface area (Å²) >= 11 is 0. The van der Waals surface area contributed by atoms with E-state index in [9.17, 15) is 9.90 Å². The second-order valence-electron chi connectivity index (χ2n) is 11.3. The summed E-state index contributed by atoms with van der Waals surface area (Å²) in [6, 6.07) is 6.49. The van der Waals surface area contributed by atoms with Gasteiger partial charge in [-0.3, -0.25) is 9.48 Å². The zero-order chi connectivity index (χ0) is 27.1. The van der Waals surface area contributed by atoms with Crippen LogP contribution in [0.5, 0.6) is 0 Å². The zero-order valence-electron chi connectivity index (χ0n) is 22.0. The third-order valence-corrected chi connectivity index (χ3v) is 7.93. The highest BCUT2D eigenvalue weighted by Gasteiger charge is 2.37. The fourth-order valence-corrected chi connectivity index (χ4v) is 6.23. The van der Waals surface area contributed by atoms with Crippen LogP contribution < -0.4 is 4.90 Å². The molecule has 198 valence electrons. The van der Waals surface area contributed by atoms with E-state index in [1.165, 1.54) is 23.4 Å². The zero-order valence-corrected chi connectivity index (χ0v) is 22.0. The minimum atomic E-state index is -0.493. The number of aryl methyl sites for hydroxylation is 1. The molecule has 5 aromatic rings. The van der Waals surface area contributed by atoms with E-state index in [0.717, 1.165) is 18.4 Å². The van der Waals surface area contributed by atoms with Gasteiger partial charge in [0, 0.05) is 49.4 Å². The van der Waals surface area contributed by atoms with Crippen molar-refractivity contribution in [2.45, 2.75) is 39.8 Å². The van der Waals surface area contributed by atoms with Crippen molar-refractivity contribution in [3.63, 3.8) is 0 Å². The van der Waals surface area contributed by atoms with E-state index in [-0.39, 0.29) is 17.9 Å². The van der Waals surface area contributed by atoms with Crippen LogP contribution in [0.4, 0.5) is 10.1 Å². The molecule has 1 aliphatic carbocycles. The molecule has 1 aliphatic heterocycles. The van der Waals surface area contributed by atoms with Crippen molar-refractivity contribution in [1.29, 1.82) is 0 Å². The quantitative estimate of drug-likeness (QED) is 0.365. The first kappa shape index (κ1) is 23.8. The van der Waals surface area contributed by atoms with E-state index < -0.39 is 5.82 Å². The largest absolute Gasteiger partial charge is 0.392 e. The van der Waals surface area contributed by atoms with Gasteiger partial charge in [0.1, 0.15) is 17.3 Å². The molecule has 0 unspecified atom stereocenters. The number of aliphatic hydroxyl groups excluding tert-OH is 1. The van der Waals surface area contributed by atoms with Gasteiger partial charge in [0.05, 0.1) is 29.6 Å². The highest BCUT2D eigenvalue weighted by atomic mass is 19.1. The number of aliphatic hydroxyl groups is 1.